The maximum Gasteiger partial charge on any atom is 0.230 e. The average Bonchev–Trinajstić information content (AvgIpc) is 2.78. The monoisotopic (exact) mass is 351 g/mol. The van der Waals surface area contributed by atoms with E-state index in [9.17, 15) is 4.79 Å². The Morgan fingerprint density at radius 3 is 2.70 bits per heavy atom. The van der Waals surface area contributed by atoms with Crippen LogP contribution in [0.15, 0.2) is 11.4 Å². The fraction of sp³-hybridized carbons (Fsp3) is 0.588. The van der Waals surface area contributed by atoms with Crippen molar-refractivity contribution in [3.8, 4) is 0 Å². The molecule has 0 aliphatic carbocycles. The number of hydrogen-bond donors (Lipinski definition) is 1. The van der Waals surface area contributed by atoms with Crippen molar-refractivity contribution in [2.75, 3.05) is 5.75 Å². The molecule has 0 saturated carbocycles. The third-order valence-corrected chi connectivity index (χ3v) is 5.96. The molecule has 2 heterocycles. The third-order valence-electron chi connectivity index (χ3n) is 3.85. The number of fused-ring (bicyclic) bond motifs is 1. The van der Waals surface area contributed by atoms with E-state index in [0.29, 0.717) is 11.7 Å². The number of amides is 1. The van der Waals surface area contributed by atoms with Crippen LogP contribution in [0.1, 0.15) is 44.1 Å². The Hall–Kier alpha value is -1.14. The summed E-state index contributed by atoms with van der Waals surface area (Å²) in [5, 5.41) is 5.08. The van der Waals surface area contributed by atoms with Crippen molar-refractivity contribution < 1.29 is 4.79 Å². The molecule has 0 spiro atoms. The summed E-state index contributed by atoms with van der Waals surface area (Å²) in [4.78, 5) is 23.1. The number of aromatic nitrogens is 2. The Bertz CT molecular complexity index is 682. The van der Waals surface area contributed by atoms with Crippen LogP contribution in [-0.2, 0) is 4.79 Å². The minimum atomic E-state index is 0.0719. The van der Waals surface area contributed by atoms with E-state index in [-0.39, 0.29) is 11.9 Å². The highest BCUT2D eigenvalue weighted by atomic mass is 32.2. The van der Waals surface area contributed by atoms with Crippen LogP contribution in [0.5, 0.6) is 0 Å². The van der Waals surface area contributed by atoms with E-state index in [1.807, 2.05) is 0 Å². The molecule has 0 fully saturated rings. The highest BCUT2D eigenvalue weighted by Gasteiger charge is 2.14. The van der Waals surface area contributed by atoms with Gasteiger partial charge in [0.25, 0.3) is 0 Å². The van der Waals surface area contributed by atoms with Gasteiger partial charge >= 0.3 is 0 Å². The lowest BCUT2D eigenvalue weighted by Crippen LogP contribution is -2.34. The Morgan fingerprint density at radius 2 is 2.00 bits per heavy atom. The predicted molar refractivity (Wildman–Crippen MR) is 99.3 cm³/mol. The van der Waals surface area contributed by atoms with E-state index in [1.165, 1.54) is 22.2 Å². The summed E-state index contributed by atoms with van der Waals surface area (Å²) < 4.78 is 0. The van der Waals surface area contributed by atoms with Gasteiger partial charge < -0.3 is 5.32 Å². The van der Waals surface area contributed by atoms with Crippen LogP contribution < -0.4 is 5.32 Å². The van der Waals surface area contributed by atoms with E-state index >= 15 is 0 Å². The number of carbonyl (C=O) groups excluding carboxylic acids is 1. The van der Waals surface area contributed by atoms with Crippen LogP contribution in [0.25, 0.3) is 10.2 Å². The first-order chi connectivity index (χ1) is 10.9. The molecule has 0 aliphatic heterocycles. The van der Waals surface area contributed by atoms with Gasteiger partial charge in [0.15, 0.2) is 0 Å². The zero-order valence-corrected chi connectivity index (χ0v) is 16.1. The molecule has 1 amide bonds. The summed E-state index contributed by atoms with van der Waals surface area (Å²) in [6.07, 6.45) is 3.74. The maximum absolute atomic E-state index is 12.1. The van der Waals surface area contributed by atoms with E-state index < -0.39 is 0 Å². The Balaban J connectivity index is 1.94. The largest absolute Gasteiger partial charge is 0.353 e. The van der Waals surface area contributed by atoms with Crippen molar-refractivity contribution in [1.82, 2.24) is 15.3 Å². The third kappa shape index (κ3) is 4.91. The second kappa shape index (κ2) is 8.11. The smallest absolute Gasteiger partial charge is 0.230 e. The van der Waals surface area contributed by atoms with Gasteiger partial charge in [-0.05, 0) is 45.1 Å². The molecule has 1 N–H and O–H groups in total. The Labute approximate surface area is 146 Å². The average molecular weight is 352 g/mol. The molecule has 23 heavy (non-hydrogen) atoms. The maximum atomic E-state index is 12.1. The molecule has 0 saturated heterocycles. The van der Waals surface area contributed by atoms with E-state index in [1.54, 1.807) is 17.7 Å². The first-order valence-electron chi connectivity index (χ1n) is 8.01. The highest BCUT2D eigenvalue weighted by Crippen LogP contribution is 2.34. The fourth-order valence-electron chi connectivity index (χ4n) is 2.37. The molecule has 0 aromatic carbocycles. The minimum absolute atomic E-state index is 0.0719. The summed E-state index contributed by atoms with van der Waals surface area (Å²) in [7, 11) is 0. The highest BCUT2D eigenvalue weighted by molar-refractivity contribution is 8.00. The Kier molecular flexibility index (Phi) is 6.41. The van der Waals surface area contributed by atoms with Crippen molar-refractivity contribution in [2.24, 2.45) is 5.92 Å². The normalized spacial score (nSPS) is 12.8. The number of aryl methyl sites for hydroxylation is 2. The van der Waals surface area contributed by atoms with Crippen LogP contribution in [0.3, 0.4) is 0 Å². The molecule has 126 valence electrons. The summed E-state index contributed by atoms with van der Waals surface area (Å²) in [6, 6.07) is 0.223. The van der Waals surface area contributed by atoms with Gasteiger partial charge in [0.2, 0.25) is 5.91 Å². The topological polar surface area (TPSA) is 54.9 Å². The lowest BCUT2D eigenvalue weighted by atomic mass is 10.0. The number of thiophene rings is 1. The second-order valence-electron chi connectivity index (χ2n) is 6.37. The van der Waals surface area contributed by atoms with E-state index in [2.05, 4.69) is 49.9 Å². The van der Waals surface area contributed by atoms with Gasteiger partial charge in [-0.15, -0.1) is 11.3 Å². The lowest BCUT2D eigenvalue weighted by molar-refractivity contribution is -0.119. The zero-order valence-electron chi connectivity index (χ0n) is 14.5. The van der Waals surface area contributed by atoms with E-state index in [4.69, 9.17) is 0 Å². The van der Waals surface area contributed by atoms with Gasteiger partial charge in [-0.2, -0.15) is 0 Å². The number of thioether (sulfide) groups is 1. The summed E-state index contributed by atoms with van der Waals surface area (Å²) in [5.74, 6) is 1.14. The summed E-state index contributed by atoms with van der Waals surface area (Å²) >= 11 is 3.18. The summed E-state index contributed by atoms with van der Waals surface area (Å²) in [6.45, 7) is 10.7. The number of hydrogen-bond acceptors (Lipinski definition) is 5. The van der Waals surface area contributed by atoms with Crippen LogP contribution in [0.4, 0.5) is 0 Å². The number of nitrogens with zero attached hydrogens (tertiary/aromatic N) is 2. The fourth-order valence-corrected chi connectivity index (χ4v) is 4.29. The van der Waals surface area contributed by atoms with Crippen LogP contribution in [0.2, 0.25) is 0 Å². The number of carbonyl (C=O) groups is 1. The van der Waals surface area contributed by atoms with Crippen molar-refractivity contribution in [2.45, 2.75) is 58.5 Å². The Morgan fingerprint density at radius 1 is 1.26 bits per heavy atom. The number of nitrogens with one attached hydrogen (secondary N) is 1. The van der Waals surface area contributed by atoms with E-state index in [0.717, 1.165) is 28.1 Å². The van der Waals surface area contributed by atoms with Gasteiger partial charge in [0.05, 0.1) is 5.75 Å². The molecule has 0 radical (unpaired) electrons. The molecule has 0 bridgehead atoms. The van der Waals surface area contributed by atoms with Crippen LogP contribution in [0, 0.1) is 19.8 Å². The standard InChI is InChI=1S/C17H25N3OS2/c1-10(2)6-7-11(3)20-14(21)8-22-16-15-12(4)13(5)23-17(15)19-9-18-16/h9-11H,6-8H2,1-5H3,(H,20,21). The van der Waals surface area contributed by atoms with Crippen molar-refractivity contribution >= 4 is 39.2 Å². The van der Waals surface area contributed by atoms with Gasteiger partial charge in [0.1, 0.15) is 16.2 Å². The molecule has 0 aliphatic rings. The SMILES string of the molecule is Cc1sc2ncnc(SCC(=O)NC(C)CCC(C)C)c2c1C. The minimum Gasteiger partial charge on any atom is -0.353 e. The zero-order chi connectivity index (χ0) is 17.0. The molecule has 4 nitrogen and oxygen atoms in total. The quantitative estimate of drug-likeness (QED) is 0.595. The van der Waals surface area contributed by atoms with Gasteiger partial charge in [-0.1, -0.05) is 25.6 Å². The molecule has 2 aromatic rings. The molecule has 2 aromatic heterocycles. The molecule has 1 atom stereocenters. The van der Waals surface area contributed by atoms with Crippen LogP contribution >= 0.6 is 23.1 Å². The second-order valence-corrected chi connectivity index (χ2v) is 8.54. The van der Waals surface area contributed by atoms with Crippen molar-refractivity contribution in [1.29, 1.82) is 0 Å². The molecule has 6 heteroatoms. The van der Waals surface area contributed by atoms with Crippen LogP contribution in [-0.4, -0.2) is 27.7 Å². The molecule has 1 unspecified atom stereocenters. The first kappa shape index (κ1) is 18.2. The molecular weight excluding hydrogens is 326 g/mol. The predicted octanol–water partition coefficient (Wildman–Crippen LogP) is 4.34. The van der Waals surface area contributed by atoms with Crippen molar-refractivity contribution in [3.63, 3.8) is 0 Å². The molecule has 2 rings (SSSR count). The van der Waals surface area contributed by atoms with Crippen molar-refractivity contribution in [3.05, 3.63) is 16.8 Å². The number of rotatable bonds is 7. The first-order valence-corrected chi connectivity index (χ1v) is 9.81. The van der Waals surface area contributed by atoms with Gasteiger partial charge in [0, 0.05) is 16.3 Å². The van der Waals surface area contributed by atoms with Gasteiger partial charge in [-0.3, -0.25) is 4.79 Å². The van der Waals surface area contributed by atoms with Gasteiger partial charge in [-0.25, -0.2) is 9.97 Å². The molecular formula is C17H25N3OS2. The summed E-state index contributed by atoms with van der Waals surface area (Å²) in [5.41, 5.74) is 1.22. The lowest BCUT2D eigenvalue weighted by Gasteiger charge is -2.14.